The monoisotopic (exact) mass is 449 g/mol. The highest BCUT2D eigenvalue weighted by atomic mass is 35.5. The molecule has 2 heterocycles. The van der Waals surface area contributed by atoms with Crippen molar-refractivity contribution < 1.29 is 9.21 Å². The van der Waals surface area contributed by atoms with Crippen LogP contribution in [0.3, 0.4) is 0 Å². The number of nitrogens with one attached hydrogen (secondary N) is 2. The Morgan fingerprint density at radius 2 is 2.00 bits per heavy atom. The molecule has 1 amide bonds. The van der Waals surface area contributed by atoms with Gasteiger partial charge in [-0.15, -0.1) is 11.3 Å². The van der Waals surface area contributed by atoms with Crippen LogP contribution in [0.2, 0.25) is 10.0 Å². The first-order valence-electron chi connectivity index (χ1n) is 7.98. The van der Waals surface area contributed by atoms with E-state index in [1.165, 1.54) is 17.4 Å². The van der Waals surface area contributed by atoms with Gasteiger partial charge in [0.05, 0.1) is 10.6 Å². The van der Waals surface area contributed by atoms with Crippen LogP contribution in [0.15, 0.2) is 34.7 Å². The van der Waals surface area contributed by atoms with Crippen LogP contribution in [0, 0.1) is 25.2 Å². The number of carbonyl (C=O) groups excluding carboxylic acids is 1. The van der Waals surface area contributed by atoms with E-state index in [0.29, 0.717) is 31.9 Å². The third-order valence-electron chi connectivity index (χ3n) is 3.97. The van der Waals surface area contributed by atoms with Gasteiger partial charge in [-0.1, -0.05) is 23.2 Å². The predicted octanol–water partition coefficient (Wildman–Crippen LogP) is 5.93. The summed E-state index contributed by atoms with van der Waals surface area (Å²) in [7, 11) is 0. The number of hydrogen-bond acceptors (Lipinski definition) is 5. The molecule has 0 aliphatic carbocycles. The molecule has 9 heteroatoms. The summed E-state index contributed by atoms with van der Waals surface area (Å²) in [6.07, 6.45) is 0. The van der Waals surface area contributed by atoms with Gasteiger partial charge in [0.1, 0.15) is 16.8 Å². The Morgan fingerprint density at radius 1 is 1.25 bits per heavy atom. The highest BCUT2D eigenvalue weighted by molar-refractivity contribution is 7.80. The second kappa shape index (κ2) is 8.33. The molecule has 0 saturated carbocycles. The molecule has 1 aromatic carbocycles. The normalized spacial score (nSPS) is 10.4. The number of nitriles is 1. The van der Waals surface area contributed by atoms with Crippen LogP contribution in [0.25, 0.3) is 11.3 Å². The van der Waals surface area contributed by atoms with Gasteiger partial charge in [-0.3, -0.25) is 10.1 Å². The zero-order valence-corrected chi connectivity index (χ0v) is 17.9. The number of aryl methyl sites for hydroxylation is 1. The first-order chi connectivity index (χ1) is 13.3. The van der Waals surface area contributed by atoms with Crippen LogP contribution < -0.4 is 10.6 Å². The fourth-order valence-electron chi connectivity index (χ4n) is 2.44. The Labute approximate surface area is 180 Å². The Balaban J connectivity index is 1.73. The van der Waals surface area contributed by atoms with E-state index in [2.05, 4.69) is 16.7 Å². The molecule has 0 bridgehead atoms. The molecule has 0 unspecified atom stereocenters. The van der Waals surface area contributed by atoms with Crippen molar-refractivity contribution >= 4 is 62.8 Å². The van der Waals surface area contributed by atoms with E-state index in [1.807, 2.05) is 13.8 Å². The van der Waals surface area contributed by atoms with Crippen molar-refractivity contribution in [1.82, 2.24) is 5.32 Å². The molecule has 0 aliphatic heterocycles. The largest absolute Gasteiger partial charge is 0.451 e. The second-order valence-corrected chi connectivity index (χ2v) is 8.27. The molecule has 0 fully saturated rings. The van der Waals surface area contributed by atoms with Gasteiger partial charge in [-0.05, 0) is 62.0 Å². The fraction of sp³-hybridized carbons (Fsp3) is 0.105. The highest BCUT2D eigenvalue weighted by Crippen LogP contribution is 2.32. The Morgan fingerprint density at radius 3 is 2.71 bits per heavy atom. The average Bonchev–Trinajstić information content (AvgIpc) is 3.23. The van der Waals surface area contributed by atoms with Crippen molar-refractivity contribution in [2.75, 3.05) is 5.32 Å². The number of halogens is 2. The summed E-state index contributed by atoms with van der Waals surface area (Å²) in [5.41, 5.74) is 1.98. The summed E-state index contributed by atoms with van der Waals surface area (Å²) in [6.45, 7) is 3.78. The summed E-state index contributed by atoms with van der Waals surface area (Å²) >= 11 is 18.7. The standard InChI is InChI=1S/C19H13Cl2N3O2S2/c1-9-10(2)28-18(13(9)8-22)24-19(27)23-17(25)16-6-5-15(26-16)12-7-11(20)3-4-14(12)21/h3-7H,1-2H3,(H2,23,24,25,27). The fourth-order valence-corrected chi connectivity index (χ4v) is 4.10. The van der Waals surface area contributed by atoms with E-state index in [1.54, 1.807) is 24.3 Å². The van der Waals surface area contributed by atoms with Crippen molar-refractivity contribution in [2.24, 2.45) is 0 Å². The first kappa shape index (κ1) is 20.4. The van der Waals surface area contributed by atoms with Gasteiger partial charge in [0.25, 0.3) is 5.91 Å². The molecule has 142 valence electrons. The minimum absolute atomic E-state index is 0.0641. The van der Waals surface area contributed by atoms with Gasteiger partial charge in [-0.25, -0.2) is 0 Å². The van der Waals surface area contributed by atoms with Crippen molar-refractivity contribution in [3.8, 4) is 17.4 Å². The van der Waals surface area contributed by atoms with Gasteiger partial charge in [0, 0.05) is 15.5 Å². The lowest BCUT2D eigenvalue weighted by Gasteiger charge is -2.07. The lowest BCUT2D eigenvalue weighted by Crippen LogP contribution is -2.33. The molecule has 2 N–H and O–H groups in total. The lowest BCUT2D eigenvalue weighted by atomic mass is 10.2. The molecule has 0 spiro atoms. The van der Waals surface area contributed by atoms with Crippen LogP contribution >= 0.6 is 46.8 Å². The van der Waals surface area contributed by atoms with Gasteiger partial charge >= 0.3 is 0 Å². The summed E-state index contributed by atoms with van der Waals surface area (Å²) in [4.78, 5) is 13.4. The minimum Gasteiger partial charge on any atom is -0.451 e. The number of furan rings is 1. The average molecular weight is 450 g/mol. The summed E-state index contributed by atoms with van der Waals surface area (Å²) in [6, 6.07) is 10.3. The topological polar surface area (TPSA) is 78.1 Å². The molecule has 3 aromatic rings. The molecule has 3 rings (SSSR count). The molecule has 0 saturated heterocycles. The maximum atomic E-state index is 12.4. The number of thiocarbonyl (C=S) groups is 1. The number of rotatable bonds is 3. The molecular formula is C19H13Cl2N3O2S2. The van der Waals surface area contributed by atoms with Gasteiger partial charge in [0.15, 0.2) is 10.9 Å². The Hall–Kier alpha value is -2.37. The molecule has 0 radical (unpaired) electrons. The minimum atomic E-state index is -0.523. The molecule has 0 atom stereocenters. The third kappa shape index (κ3) is 4.21. The highest BCUT2D eigenvalue weighted by Gasteiger charge is 2.17. The van der Waals surface area contributed by atoms with Gasteiger partial charge < -0.3 is 9.73 Å². The van der Waals surface area contributed by atoms with Crippen LogP contribution in [-0.2, 0) is 0 Å². The number of anilines is 1. The van der Waals surface area contributed by atoms with Gasteiger partial charge in [0.2, 0.25) is 0 Å². The molecule has 2 aromatic heterocycles. The van der Waals surface area contributed by atoms with Crippen LogP contribution in [-0.4, -0.2) is 11.0 Å². The summed E-state index contributed by atoms with van der Waals surface area (Å²) in [5, 5.41) is 16.3. The van der Waals surface area contributed by atoms with Gasteiger partial charge in [-0.2, -0.15) is 5.26 Å². The lowest BCUT2D eigenvalue weighted by molar-refractivity contribution is 0.0951. The second-order valence-electron chi connectivity index (χ2n) is 5.80. The number of thiophene rings is 1. The third-order valence-corrected chi connectivity index (χ3v) is 5.87. The molecule has 28 heavy (non-hydrogen) atoms. The molecular weight excluding hydrogens is 437 g/mol. The number of hydrogen-bond donors (Lipinski definition) is 2. The number of amides is 1. The van der Waals surface area contributed by atoms with E-state index in [-0.39, 0.29) is 10.9 Å². The smallest absolute Gasteiger partial charge is 0.293 e. The van der Waals surface area contributed by atoms with Crippen molar-refractivity contribution in [3.05, 3.63) is 62.1 Å². The predicted molar refractivity (Wildman–Crippen MR) is 116 cm³/mol. The summed E-state index contributed by atoms with van der Waals surface area (Å²) in [5.74, 6) is -0.0487. The van der Waals surface area contributed by atoms with E-state index in [0.717, 1.165) is 10.4 Å². The molecule has 0 aliphatic rings. The van der Waals surface area contributed by atoms with Crippen LogP contribution in [0.1, 0.15) is 26.6 Å². The first-order valence-corrected chi connectivity index (χ1v) is 9.96. The Bertz CT molecular complexity index is 1130. The summed E-state index contributed by atoms with van der Waals surface area (Å²) < 4.78 is 5.59. The van der Waals surface area contributed by atoms with Crippen molar-refractivity contribution in [2.45, 2.75) is 13.8 Å². The molecule has 5 nitrogen and oxygen atoms in total. The van der Waals surface area contributed by atoms with E-state index >= 15 is 0 Å². The quantitative estimate of drug-likeness (QED) is 0.484. The maximum Gasteiger partial charge on any atom is 0.293 e. The van der Waals surface area contributed by atoms with Crippen LogP contribution in [0.4, 0.5) is 5.00 Å². The SMILES string of the molecule is Cc1sc(NC(=S)NC(=O)c2ccc(-c3cc(Cl)ccc3Cl)o2)c(C#N)c1C. The number of nitrogens with zero attached hydrogens (tertiary/aromatic N) is 1. The van der Waals surface area contributed by atoms with Crippen molar-refractivity contribution in [1.29, 1.82) is 5.26 Å². The van der Waals surface area contributed by atoms with E-state index in [4.69, 9.17) is 39.8 Å². The van der Waals surface area contributed by atoms with Crippen molar-refractivity contribution in [3.63, 3.8) is 0 Å². The number of carbonyl (C=O) groups is 1. The Kier molecular flexibility index (Phi) is 6.06. The zero-order chi connectivity index (χ0) is 20.4. The zero-order valence-electron chi connectivity index (χ0n) is 14.7. The maximum absolute atomic E-state index is 12.4. The van der Waals surface area contributed by atoms with E-state index < -0.39 is 5.91 Å². The number of benzene rings is 1. The van der Waals surface area contributed by atoms with Crippen LogP contribution in [0.5, 0.6) is 0 Å². The van der Waals surface area contributed by atoms with E-state index in [9.17, 15) is 10.1 Å².